The SMILES string of the molecule is CCOc1ccc(S(=O)(=O)Nc2cccc(C(=O)NC(C)COC)c2)cc1. The smallest absolute Gasteiger partial charge is 0.261 e. The normalized spacial score (nSPS) is 12.3. The topological polar surface area (TPSA) is 93.7 Å². The molecule has 1 atom stereocenters. The van der Waals surface area contributed by atoms with Crippen molar-refractivity contribution in [1.82, 2.24) is 5.32 Å². The van der Waals surface area contributed by atoms with Crippen molar-refractivity contribution in [3.05, 3.63) is 54.1 Å². The third-order valence-corrected chi connectivity index (χ3v) is 5.01. The van der Waals surface area contributed by atoms with Crippen LogP contribution in [0.3, 0.4) is 0 Å². The first-order valence-corrected chi connectivity index (χ1v) is 9.99. The van der Waals surface area contributed by atoms with Gasteiger partial charge < -0.3 is 14.8 Å². The van der Waals surface area contributed by atoms with Crippen LogP contribution in [0.15, 0.2) is 53.4 Å². The molecule has 0 fully saturated rings. The number of carbonyl (C=O) groups is 1. The largest absolute Gasteiger partial charge is 0.494 e. The summed E-state index contributed by atoms with van der Waals surface area (Å²) in [7, 11) is -2.22. The molecule has 1 amide bonds. The van der Waals surface area contributed by atoms with E-state index >= 15 is 0 Å². The Kier molecular flexibility index (Phi) is 7.20. The Balaban J connectivity index is 2.13. The zero-order valence-corrected chi connectivity index (χ0v) is 16.4. The molecule has 0 aromatic heterocycles. The Hall–Kier alpha value is -2.58. The number of anilines is 1. The van der Waals surface area contributed by atoms with Crippen LogP contribution >= 0.6 is 0 Å². The van der Waals surface area contributed by atoms with Gasteiger partial charge in [-0.15, -0.1) is 0 Å². The summed E-state index contributed by atoms with van der Waals surface area (Å²) in [5.41, 5.74) is 0.653. The Morgan fingerprint density at radius 1 is 1.15 bits per heavy atom. The molecule has 0 aliphatic carbocycles. The highest BCUT2D eigenvalue weighted by molar-refractivity contribution is 7.92. The van der Waals surface area contributed by atoms with Gasteiger partial charge in [0.05, 0.1) is 18.1 Å². The van der Waals surface area contributed by atoms with Crippen molar-refractivity contribution in [3.63, 3.8) is 0 Å². The summed E-state index contributed by atoms with van der Waals surface area (Å²) >= 11 is 0. The van der Waals surface area contributed by atoms with Crippen LogP contribution in [0.1, 0.15) is 24.2 Å². The maximum absolute atomic E-state index is 12.5. The van der Waals surface area contributed by atoms with Crippen LogP contribution in [-0.2, 0) is 14.8 Å². The number of ether oxygens (including phenoxy) is 2. The summed E-state index contributed by atoms with van der Waals surface area (Å²) in [5, 5.41) is 2.78. The van der Waals surface area contributed by atoms with Gasteiger partial charge in [0, 0.05) is 24.4 Å². The van der Waals surface area contributed by atoms with E-state index in [2.05, 4.69) is 10.0 Å². The lowest BCUT2D eigenvalue weighted by molar-refractivity contribution is 0.0905. The number of hydrogen-bond donors (Lipinski definition) is 2. The standard InChI is InChI=1S/C19H24N2O5S/c1-4-26-17-8-10-18(11-9-17)27(23,24)21-16-7-5-6-15(12-16)19(22)20-14(2)13-25-3/h5-12,14,21H,4,13H2,1-3H3,(H,20,22). The van der Waals surface area contributed by atoms with Gasteiger partial charge in [0.25, 0.3) is 15.9 Å². The second-order valence-electron chi connectivity index (χ2n) is 5.92. The van der Waals surface area contributed by atoms with Gasteiger partial charge in [0.2, 0.25) is 0 Å². The first kappa shape index (κ1) is 20.7. The van der Waals surface area contributed by atoms with E-state index in [1.54, 1.807) is 37.4 Å². The fourth-order valence-corrected chi connectivity index (χ4v) is 3.47. The van der Waals surface area contributed by atoms with E-state index in [1.165, 1.54) is 18.2 Å². The van der Waals surface area contributed by atoms with Gasteiger partial charge in [0.1, 0.15) is 5.75 Å². The lowest BCUT2D eigenvalue weighted by atomic mass is 10.2. The lowest BCUT2D eigenvalue weighted by Gasteiger charge is -2.14. The number of hydrogen-bond acceptors (Lipinski definition) is 5. The lowest BCUT2D eigenvalue weighted by Crippen LogP contribution is -2.35. The molecule has 27 heavy (non-hydrogen) atoms. The fraction of sp³-hybridized carbons (Fsp3) is 0.316. The van der Waals surface area contributed by atoms with E-state index in [0.29, 0.717) is 30.2 Å². The van der Waals surface area contributed by atoms with E-state index in [0.717, 1.165) is 0 Å². The second kappa shape index (κ2) is 9.38. The van der Waals surface area contributed by atoms with E-state index in [-0.39, 0.29) is 16.8 Å². The van der Waals surface area contributed by atoms with Gasteiger partial charge in [-0.1, -0.05) is 6.07 Å². The van der Waals surface area contributed by atoms with Gasteiger partial charge >= 0.3 is 0 Å². The molecule has 0 bridgehead atoms. The van der Waals surface area contributed by atoms with Gasteiger partial charge in [-0.05, 0) is 56.3 Å². The third kappa shape index (κ3) is 5.97. The van der Waals surface area contributed by atoms with Gasteiger partial charge in [0.15, 0.2) is 0 Å². The molecule has 2 N–H and O–H groups in total. The van der Waals surface area contributed by atoms with Crippen molar-refractivity contribution in [2.24, 2.45) is 0 Å². The molecule has 8 heteroatoms. The van der Waals surface area contributed by atoms with Crippen molar-refractivity contribution < 1.29 is 22.7 Å². The molecule has 0 spiro atoms. The van der Waals surface area contributed by atoms with Gasteiger partial charge in [-0.25, -0.2) is 8.42 Å². The zero-order valence-electron chi connectivity index (χ0n) is 15.6. The summed E-state index contributed by atoms with van der Waals surface area (Å²) in [6.07, 6.45) is 0. The predicted octanol–water partition coefficient (Wildman–Crippen LogP) is 2.65. The molecule has 0 aliphatic rings. The molecule has 2 rings (SSSR count). The number of nitrogens with one attached hydrogen (secondary N) is 2. The molecule has 0 aliphatic heterocycles. The van der Waals surface area contributed by atoms with Crippen LogP contribution in [0.25, 0.3) is 0 Å². The van der Waals surface area contributed by atoms with Crippen LogP contribution < -0.4 is 14.8 Å². The highest BCUT2D eigenvalue weighted by atomic mass is 32.2. The van der Waals surface area contributed by atoms with E-state index < -0.39 is 10.0 Å². The maximum Gasteiger partial charge on any atom is 0.261 e. The zero-order chi connectivity index (χ0) is 19.9. The van der Waals surface area contributed by atoms with Crippen LogP contribution in [0.5, 0.6) is 5.75 Å². The van der Waals surface area contributed by atoms with Crippen LogP contribution in [0, 0.1) is 0 Å². The van der Waals surface area contributed by atoms with Crippen LogP contribution in [-0.4, -0.2) is 40.7 Å². The van der Waals surface area contributed by atoms with Crippen molar-refractivity contribution in [2.75, 3.05) is 25.0 Å². The fourth-order valence-electron chi connectivity index (χ4n) is 2.42. The minimum absolute atomic E-state index is 0.106. The summed E-state index contributed by atoms with van der Waals surface area (Å²) in [6, 6.07) is 12.3. The van der Waals surface area contributed by atoms with Crippen molar-refractivity contribution in [2.45, 2.75) is 24.8 Å². The molecule has 2 aromatic carbocycles. The maximum atomic E-state index is 12.5. The molecular weight excluding hydrogens is 368 g/mol. The Morgan fingerprint density at radius 2 is 1.85 bits per heavy atom. The minimum Gasteiger partial charge on any atom is -0.494 e. The average molecular weight is 392 g/mol. The highest BCUT2D eigenvalue weighted by Gasteiger charge is 2.16. The molecule has 0 heterocycles. The molecule has 2 aromatic rings. The first-order valence-electron chi connectivity index (χ1n) is 8.51. The van der Waals surface area contributed by atoms with E-state index in [4.69, 9.17) is 9.47 Å². The van der Waals surface area contributed by atoms with E-state index in [1.807, 2.05) is 13.8 Å². The molecule has 0 saturated carbocycles. The number of amides is 1. The summed E-state index contributed by atoms with van der Waals surface area (Å²) < 4.78 is 37.9. The van der Waals surface area contributed by atoms with Gasteiger partial charge in [-0.3, -0.25) is 9.52 Å². The van der Waals surface area contributed by atoms with E-state index in [9.17, 15) is 13.2 Å². The van der Waals surface area contributed by atoms with Crippen LogP contribution in [0.2, 0.25) is 0 Å². The molecule has 1 unspecified atom stereocenters. The second-order valence-corrected chi connectivity index (χ2v) is 7.60. The molecule has 0 saturated heterocycles. The van der Waals surface area contributed by atoms with Crippen molar-refractivity contribution in [1.29, 1.82) is 0 Å². The van der Waals surface area contributed by atoms with Crippen molar-refractivity contribution in [3.8, 4) is 5.75 Å². The molecule has 7 nitrogen and oxygen atoms in total. The molecule has 0 radical (unpaired) electrons. The third-order valence-electron chi connectivity index (χ3n) is 3.62. The first-order chi connectivity index (χ1) is 12.9. The summed E-state index contributed by atoms with van der Waals surface area (Å²) in [6.45, 7) is 4.56. The highest BCUT2D eigenvalue weighted by Crippen LogP contribution is 2.20. The Bertz CT molecular complexity index is 866. The number of carbonyl (C=O) groups excluding carboxylic acids is 1. The number of methoxy groups -OCH3 is 1. The quantitative estimate of drug-likeness (QED) is 0.684. The Morgan fingerprint density at radius 3 is 2.48 bits per heavy atom. The average Bonchev–Trinajstić information content (AvgIpc) is 2.62. The molecule has 146 valence electrons. The van der Waals surface area contributed by atoms with Crippen LogP contribution in [0.4, 0.5) is 5.69 Å². The summed E-state index contributed by atoms with van der Waals surface area (Å²) in [5.74, 6) is 0.293. The minimum atomic E-state index is -3.78. The Labute approximate surface area is 159 Å². The number of benzene rings is 2. The monoisotopic (exact) mass is 392 g/mol. The predicted molar refractivity (Wildman–Crippen MR) is 104 cm³/mol. The number of sulfonamides is 1. The van der Waals surface area contributed by atoms with Crippen molar-refractivity contribution >= 4 is 21.6 Å². The van der Waals surface area contributed by atoms with Gasteiger partial charge in [-0.2, -0.15) is 0 Å². The number of rotatable bonds is 9. The molecular formula is C19H24N2O5S. The summed E-state index contributed by atoms with van der Waals surface area (Å²) in [4.78, 5) is 12.4.